The fourth-order valence-electron chi connectivity index (χ4n) is 1.44. The van der Waals surface area contributed by atoms with Crippen LogP contribution < -0.4 is 5.73 Å². The van der Waals surface area contributed by atoms with Gasteiger partial charge in [0, 0.05) is 21.9 Å². The van der Waals surface area contributed by atoms with Gasteiger partial charge < -0.3 is 10.8 Å². The van der Waals surface area contributed by atoms with E-state index in [-0.39, 0.29) is 11.6 Å². The van der Waals surface area contributed by atoms with Gasteiger partial charge in [0.2, 0.25) is 0 Å². The molecule has 0 spiro atoms. The molecule has 0 aliphatic rings. The minimum Gasteiger partial charge on any atom is -0.508 e. The molecule has 17 heavy (non-hydrogen) atoms. The minimum atomic E-state index is -0.249. The number of hydrogen-bond acceptors (Lipinski definition) is 3. The number of benzene rings is 2. The predicted molar refractivity (Wildman–Crippen MR) is 68.5 cm³/mol. The minimum absolute atomic E-state index is 0.183. The fraction of sp³-hybridized carbons (Fsp3) is 0.0769. The number of halogens is 1. The molecular formula is C13H12FNOS. The molecule has 0 unspecified atom stereocenters. The van der Waals surface area contributed by atoms with Crippen molar-refractivity contribution < 1.29 is 9.50 Å². The van der Waals surface area contributed by atoms with Crippen LogP contribution in [-0.4, -0.2) is 5.11 Å². The van der Waals surface area contributed by atoms with E-state index in [0.717, 1.165) is 0 Å². The SMILES string of the molecule is Nc1ccc(O)c(CSc2ccccc2F)c1. The number of thioether (sulfide) groups is 1. The van der Waals surface area contributed by atoms with E-state index in [9.17, 15) is 9.50 Å². The Kier molecular flexibility index (Phi) is 3.54. The predicted octanol–water partition coefficient (Wildman–Crippen LogP) is 3.41. The van der Waals surface area contributed by atoms with Crippen LogP contribution in [0.25, 0.3) is 0 Å². The first-order chi connectivity index (χ1) is 8.16. The standard InChI is InChI=1S/C13H12FNOS/c14-11-3-1-2-4-13(11)17-8-9-7-10(15)5-6-12(9)16/h1-7,16H,8,15H2. The van der Waals surface area contributed by atoms with E-state index in [2.05, 4.69) is 0 Å². The van der Waals surface area contributed by atoms with Crippen LogP contribution >= 0.6 is 11.8 Å². The number of aromatic hydroxyl groups is 1. The quantitative estimate of drug-likeness (QED) is 0.498. The van der Waals surface area contributed by atoms with Crippen molar-refractivity contribution in [2.45, 2.75) is 10.6 Å². The lowest BCUT2D eigenvalue weighted by molar-refractivity contribution is 0.470. The summed E-state index contributed by atoms with van der Waals surface area (Å²) in [5.74, 6) is 0.418. The van der Waals surface area contributed by atoms with Crippen molar-refractivity contribution in [3.8, 4) is 5.75 Å². The van der Waals surface area contributed by atoms with E-state index in [1.54, 1.807) is 36.4 Å². The maximum Gasteiger partial charge on any atom is 0.136 e. The van der Waals surface area contributed by atoms with Crippen molar-refractivity contribution in [2.75, 3.05) is 5.73 Å². The number of nitrogen functional groups attached to an aromatic ring is 1. The zero-order valence-corrected chi connectivity index (χ0v) is 9.88. The number of nitrogens with two attached hydrogens (primary N) is 1. The van der Waals surface area contributed by atoms with Gasteiger partial charge in [-0.05, 0) is 30.3 Å². The van der Waals surface area contributed by atoms with Gasteiger partial charge in [-0.1, -0.05) is 12.1 Å². The average molecular weight is 249 g/mol. The summed E-state index contributed by atoms with van der Waals surface area (Å²) in [6.07, 6.45) is 0. The molecule has 0 amide bonds. The molecule has 3 N–H and O–H groups in total. The topological polar surface area (TPSA) is 46.2 Å². The summed E-state index contributed by atoms with van der Waals surface area (Å²) < 4.78 is 13.4. The molecule has 0 bridgehead atoms. The molecule has 4 heteroatoms. The maximum absolute atomic E-state index is 13.4. The third kappa shape index (κ3) is 2.91. The highest BCUT2D eigenvalue weighted by Gasteiger charge is 2.05. The van der Waals surface area contributed by atoms with Gasteiger partial charge in [0.15, 0.2) is 0 Å². The molecule has 0 radical (unpaired) electrons. The summed E-state index contributed by atoms with van der Waals surface area (Å²) in [6, 6.07) is 11.4. The maximum atomic E-state index is 13.4. The zero-order chi connectivity index (χ0) is 12.3. The highest BCUT2D eigenvalue weighted by Crippen LogP contribution is 2.29. The Morgan fingerprint density at radius 3 is 2.71 bits per heavy atom. The summed E-state index contributed by atoms with van der Waals surface area (Å²) in [7, 11) is 0. The first-order valence-electron chi connectivity index (χ1n) is 5.11. The molecule has 2 aromatic rings. The lowest BCUT2D eigenvalue weighted by Gasteiger charge is -2.06. The third-order valence-electron chi connectivity index (χ3n) is 2.32. The van der Waals surface area contributed by atoms with Crippen molar-refractivity contribution in [2.24, 2.45) is 0 Å². The van der Waals surface area contributed by atoms with E-state index in [0.29, 0.717) is 21.9 Å². The van der Waals surface area contributed by atoms with E-state index in [1.807, 2.05) is 0 Å². The van der Waals surface area contributed by atoms with Gasteiger partial charge in [0.05, 0.1) is 0 Å². The van der Waals surface area contributed by atoms with Gasteiger partial charge in [-0.15, -0.1) is 11.8 Å². The van der Waals surface area contributed by atoms with Crippen LogP contribution in [-0.2, 0) is 5.75 Å². The summed E-state index contributed by atoms with van der Waals surface area (Å²) >= 11 is 1.33. The van der Waals surface area contributed by atoms with Crippen LogP contribution in [0.1, 0.15) is 5.56 Å². The molecule has 0 aromatic heterocycles. The normalized spacial score (nSPS) is 10.4. The molecule has 0 fully saturated rings. The van der Waals surface area contributed by atoms with Gasteiger partial charge in [-0.3, -0.25) is 0 Å². The highest BCUT2D eigenvalue weighted by atomic mass is 32.2. The van der Waals surface area contributed by atoms with Crippen LogP contribution in [0, 0.1) is 5.82 Å². The van der Waals surface area contributed by atoms with Crippen molar-refractivity contribution >= 4 is 17.4 Å². The molecular weight excluding hydrogens is 237 g/mol. The number of phenols is 1. The van der Waals surface area contributed by atoms with Crippen LogP contribution in [0.2, 0.25) is 0 Å². The van der Waals surface area contributed by atoms with Crippen molar-refractivity contribution in [1.29, 1.82) is 0 Å². The Labute approximate surface area is 103 Å². The molecule has 0 atom stereocenters. The summed E-state index contributed by atoms with van der Waals surface area (Å²) in [4.78, 5) is 0.564. The largest absolute Gasteiger partial charge is 0.508 e. The molecule has 0 aliphatic carbocycles. The second-order valence-corrected chi connectivity index (χ2v) is 4.62. The van der Waals surface area contributed by atoms with E-state index in [4.69, 9.17) is 5.73 Å². The van der Waals surface area contributed by atoms with Crippen molar-refractivity contribution in [1.82, 2.24) is 0 Å². The zero-order valence-electron chi connectivity index (χ0n) is 9.06. The number of hydrogen-bond donors (Lipinski definition) is 2. The van der Waals surface area contributed by atoms with E-state index < -0.39 is 0 Å². The van der Waals surface area contributed by atoms with Gasteiger partial charge >= 0.3 is 0 Å². The van der Waals surface area contributed by atoms with E-state index >= 15 is 0 Å². The molecule has 2 aromatic carbocycles. The number of anilines is 1. The summed E-state index contributed by atoms with van der Waals surface area (Å²) in [5.41, 5.74) is 6.93. The first-order valence-corrected chi connectivity index (χ1v) is 6.10. The van der Waals surface area contributed by atoms with Gasteiger partial charge in [0.25, 0.3) is 0 Å². The Morgan fingerprint density at radius 2 is 1.94 bits per heavy atom. The third-order valence-corrected chi connectivity index (χ3v) is 3.42. The summed E-state index contributed by atoms with van der Waals surface area (Å²) in [5, 5.41) is 9.62. The van der Waals surface area contributed by atoms with Crippen LogP contribution in [0.4, 0.5) is 10.1 Å². The van der Waals surface area contributed by atoms with Crippen LogP contribution in [0.3, 0.4) is 0 Å². The molecule has 0 heterocycles. The Bertz CT molecular complexity index is 531. The Hall–Kier alpha value is -1.68. The fourth-order valence-corrected chi connectivity index (χ4v) is 2.36. The number of phenolic OH excluding ortho intramolecular Hbond substituents is 1. The molecule has 0 aliphatic heterocycles. The lowest BCUT2D eigenvalue weighted by Crippen LogP contribution is -1.89. The van der Waals surface area contributed by atoms with Crippen LogP contribution in [0.15, 0.2) is 47.4 Å². The van der Waals surface area contributed by atoms with Gasteiger partial charge in [0.1, 0.15) is 11.6 Å². The Morgan fingerprint density at radius 1 is 1.18 bits per heavy atom. The molecule has 2 nitrogen and oxygen atoms in total. The molecule has 88 valence electrons. The molecule has 0 saturated heterocycles. The van der Waals surface area contributed by atoms with Crippen molar-refractivity contribution in [3.05, 3.63) is 53.8 Å². The van der Waals surface area contributed by atoms with Gasteiger partial charge in [-0.25, -0.2) is 4.39 Å². The monoisotopic (exact) mass is 249 g/mol. The molecule has 0 saturated carbocycles. The second kappa shape index (κ2) is 5.10. The average Bonchev–Trinajstić information content (AvgIpc) is 2.32. The Balaban J connectivity index is 2.12. The highest BCUT2D eigenvalue weighted by molar-refractivity contribution is 7.98. The lowest BCUT2D eigenvalue weighted by atomic mass is 10.2. The molecule has 2 rings (SSSR count). The smallest absolute Gasteiger partial charge is 0.136 e. The first kappa shape index (κ1) is 11.8. The van der Waals surface area contributed by atoms with Gasteiger partial charge in [-0.2, -0.15) is 0 Å². The number of rotatable bonds is 3. The van der Waals surface area contributed by atoms with Crippen molar-refractivity contribution in [3.63, 3.8) is 0 Å². The summed E-state index contributed by atoms with van der Waals surface area (Å²) in [6.45, 7) is 0. The second-order valence-electron chi connectivity index (χ2n) is 3.61. The van der Waals surface area contributed by atoms with E-state index in [1.165, 1.54) is 17.8 Å². The van der Waals surface area contributed by atoms with Crippen LogP contribution in [0.5, 0.6) is 5.75 Å².